The van der Waals surface area contributed by atoms with Gasteiger partial charge in [0.2, 0.25) is 5.75 Å². The SMILES string of the molecule is COc1ccc(C(=O)n2nc(C)c3c2CC2C3C2(C)C)c(OC)c1OC. The predicted octanol–water partition coefficient (Wildman–Crippen LogP) is 3.20. The van der Waals surface area contributed by atoms with Gasteiger partial charge in [-0.3, -0.25) is 4.79 Å². The predicted molar refractivity (Wildman–Crippen MR) is 96.5 cm³/mol. The molecular weight excluding hydrogens is 332 g/mol. The van der Waals surface area contributed by atoms with Gasteiger partial charge in [-0.15, -0.1) is 0 Å². The zero-order valence-electron chi connectivity index (χ0n) is 16.0. The van der Waals surface area contributed by atoms with Crippen molar-refractivity contribution in [1.29, 1.82) is 0 Å². The number of rotatable bonds is 4. The van der Waals surface area contributed by atoms with Crippen LogP contribution in [0.5, 0.6) is 17.2 Å². The first-order valence-corrected chi connectivity index (χ1v) is 8.78. The summed E-state index contributed by atoms with van der Waals surface area (Å²) in [5.74, 6) is 2.22. The minimum atomic E-state index is -0.203. The third-order valence-corrected chi connectivity index (χ3v) is 6.11. The van der Waals surface area contributed by atoms with E-state index in [0.29, 0.717) is 40.1 Å². The number of aryl methyl sites for hydroxylation is 1. The molecule has 2 atom stereocenters. The van der Waals surface area contributed by atoms with E-state index in [0.717, 1.165) is 17.8 Å². The third-order valence-electron chi connectivity index (χ3n) is 6.11. The number of aromatic nitrogens is 2. The van der Waals surface area contributed by atoms with Crippen molar-refractivity contribution in [2.24, 2.45) is 11.3 Å². The summed E-state index contributed by atoms with van der Waals surface area (Å²) in [5, 5.41) is 4.56. The Balaban J connectivity index is 1.80. The largest absolute Gasteiger partial charge is 0.493 e. The Hall–Kier alpha value is -2.50. The summed E-state index contributed by atoms with van der Waals surface area (Å²) >= 11 is 0. The summed E-state index contributed by atoms with van der Waals surface area (Å²) in [6.07, 6.45) is 0.898. The summed E-state index contributed by atoms with van der Waals surface area (Å²) in [6.45, 7) is 6.58. The average Bonchev–Trinajstić information content (AvgIpc) is 2.98. The lowest BCUT2D eigenvalue weighted by Gasteiger charge is -2.16. The maximum Gasteiger partial charge on any atom is 0.282 e. The van der Waals surface area contributed by atoms with E-state index in [-0.39, 0.29) is 5.91 Å². The molecule has 0 saturated heterocycles. The van der Waals surface area contributed by atoms with Gasteiger partial charge in [-0.25, -0.2) is 4.68 Å². The Morgan fingerprint density at radius 2 is 1.85 bits per heavy atom. The van der Waals surface area contributed by atoms with Crippen LogP contribution < -0.4 is 14.2 Å². The quantitative estimate of drug-likeness (QED) is 0.842. The lowest BCUT2D eigenvalue weighted by molar-refractivity contribution is 0.0937. The summed E-state index contributed by atoms with van der Waals surface area (Å²) in [4.78, 5) is 13.3. The van der Waals surface area contributed by atoms with Crippen LogP contribution in [0.1, 0.15) is 47.1 Å². The van der Waals surface area contributed by atoms with Crippen molar-refractivity contribution >= 4 is 5.91 Å². The van der Waals surface area contributed by atoms with Gasteiger partial charge in [0.05, 0.1) is 38.3 Å². The van der Waals surface area contributed by atoms with Gasteiger partial charge >= 0.3 is 0 Å². The van der Waals surface area contributed by atoms with Crippen molar-refractivity contribution in [2.75, 3.05) is 21.3 Å². The summed E-state index contributed by atoms with van der Waals surface area (Å²) in [6, 6.07) is 3.41. The number of carbonyl (C=O) groups excluding carboxylic acids is 1. The monoisotopic (exact) mass is 356 g/mol. The molecule has 0 radical (unpaired) electrons. The van der Waals surface area contributed by atoms with Crippen molar-refractivity contribution in [3.63, 3.8) is 0 Å². The Kier molecular flexibility index (Phi) is 3.58. The molecule has 2 aliphatic rings. The first-order valence-electron chi connectivity index (χ1n) is 8.78. The van der Waals surface area contributed by atoms with Gasteiger partial charge in [0.15, 0.2) is 11.5 Å². The van der Waals surface area contributed by atoms with Crippen LogP contribution in [0.25, 0.3) is 0 Å². The summed E-state index contributed by atoms with van der Waals surface area (Å²) in [7, 11) is 4.60. The first-order chi connectivity index (χ1) is 12.4. The Morgan fingerprint density at radius 1 is 1.15 bits per heavy atom. The van der Waals surface area contributed by atoms with Gasteiger partial charge in [0.1, 0.15) is 0 Å². The third kappa shape index (κ3) is 2.04. The fourth-order valence-electron chi connectivity index (χ4n) is 4.65. The second-order valence-corrected chi connectivity index (χ2v) is 7.65. The van der Waals surface area contributed by atoms with E-state index in [4.69, 9.17) is 14.2 Å². The van der Waals surface area contributed by atoms with E-state index in [2.05, 4.69) is 18.9 Å². The number of methoxy groups -OCH3 is 3. The van der Waals surface area contributed by atoms with Crippen LogP contribution in [0.2, 0.25) is 0 Å². The molecule has 1 aromatic carbocycles. The van der Waals surface area contributed by atoms with E-state index < -0.39 is 0 Å². The maximum absolute atomic E-state index is 13.3. The fourth-order valence-corrected chi connectivity index (χ4v) is 4.65. The smallest absolute Gasteiger partial charge is 0.282 e. The van der Waals surface area contributed by atoms with Crippen LogP contribution in [0, 0.1) is 18.3 Å². The molecule has 1 fully saturated rings. The van der Waals surface area contributed by atoms with E-state index in [1.807, 2.05) is 6.92 Å². The standard InChI is InChI=1S/C20H24N2O4/c1-10-15-13(9-12-16(15)20(12,2)3)22(21-10)19(23)11-7-8-14(24-4)18(26-6)17(11)25-5/h7-8,12,16H,9H2,1-6H3. The molecule has 6 nitrogen and oxygen atoms in total. The zero-order chi connectivity index (χ0) is 18.8. The summed E-state index contributed by atoms with van der Waals surface area (Å²) in [5.41, 5.74) is 3.97. The van der Waals surface area contributed by atoms with Crippen LogP contribution in [0.4, 0.5) is 0 Å². The Labute approximate surface area is 153 Å². The molecule has 0 N–H and O–H groups in total. The minimum absolute atomic E-state index is 0.203. The molecule has 6 heteroatoms. The molecule has 138 valence electrons. The zero-order valence-corrected chi connectivity index (χ0v) is 16.0. The molecule has 4 rings (SSSR count). The van der Waals surface area contributed by atoms with Crippen molar-refractivity contribution in [3.05, 3.63) is 34.6 Å². The number of fused-ring (bicyclic) bond motifs is 3. The van der Waals surface area contributed by atoms with Gasteiger partial charge in [-0.05, 0) is 42.7 Å². The Bertz CT molecular complexity index is 913. The molecule has 0 aliphatic heterocycles. The van der Waals surface area contributed by atoms with Crippen molar-refractivity contribution in [2.45, 2.75) is 33.1 Å². The van der Waals surface area contributed by atoms with Crippen molar-refractivity contribution in [1.82, 2.24) is 9.78 Å². The molecule has 2 aromatic rings. The van der Waals surface area contributed by atoms with E-state index >= 15 is 0 Å². The summed E-state index contributed by atoms with van der Waals surface area (Å²) < 4.78 is 17.7. The minimum Gasteiger partial charge on any atom is -0.493 e. The highest BCUT2D eigenvalue weighted by Crippen LogP contribution is 2.70. The highest BCUT2D eigenvalue weighted by atomic mass is 16.5. The molecule has 0 amide bonds. The molecular formula is C20H24N2O4. The van der Waals surface area contributed by atoms with Crippen LogP contribution in [-0.2, 0) is 6.42 Å². The molecule has 0 bridgehead atoms. The first kappa shape index (κ1) is 16.9. The van der Waals surface area contributed by atoms with Gasteiger partial charge in [-0.1, -0.05) is 13.8 Å². The number of hydrogen-bond donors (Lipinski definition) is 0. The van der Waals surface area contributed by atoms with Crippen LogP contribution in [0.3, 0.4) is 0 Å². The average molecular weight is 356 g/mol. The molecule has 1 saturated carbocycles. The van der Waals surface area contributed by atoms with Crippen molar-refractivity contribution in [3.8, 4) is 17.2 Å². The number of hydrogen-bond acceptors (Lipinski definition) is 5. The fraction of sp³-hybridized carbons (Fsp3) is 0.500. The molecule has 0 spiro atoms. The molecule has 2 aliphatic carbocycles. The van der Waals surface area contributed by atoms with E-state index in [1.165, 1.54) is 19.8 Å². The lowest BCUT2D eigenvalue weighted by atomic mass is 9.98. The molecule has 2 unspecified atom stereocenters. The van der Waals surface area contributed by atoms with Crippen LogP contribution in [-0.4, -0.2) is 37.0 Å². The number of carbonyl (C=O) groups is 1. The molecule has 1 heterocycles. The van der Waals surface area contributed by atoms with Crippen molar-refractivity contribution < 1.29 is 19.0 Å². The van der Waals surface area contributed by atoms with E-state index in [9.17, 15) is 4.79 Å². The lowest BCUT2D eigenvalue weighted by Crippen LogP contribution is -2.19. The van der Waals surface area contributed by atoms with Gasteiger partial charge in [0, 0.05) is 5.56 Å². The Morgan fingerprint density at radius 3 is 2.46 bits per heavy atom. The van der Waals surface area contributed by atoms with Crippen LogP contribution in [0.15, 0.2) is 12.1 Å². The highest BCUT2D eigenvalue weighted by molar-refractivity contribution is 6.00. The second kappa shape index (κ2) is 5.50. The van der Waals surface area contributed by atoms with Crippen LogP contribution >= 0.6 is 0 Å². The van der Waals surface area contributed by atoms with Gasteiger partial charge in [0.25, 0.3) is 5.91 Å². The number of ether oxygens (including phenoxy) is 3. The normalized spacial score (nSPS) is 21.8. The second-order valence-electron chi connectivity index (χ2n) is 7.65. The number of nitrogens with zero attached hydrogens (tertiary/aromatic N) is 2. The molecule has 1 aromatic heterocycles. The highest BCUT2D eigenvalue weighted by Gasteiger charge is 2.64. The van der Waals surface area contributed by atoms with Gasteiger partial charge in [-0.2, -0.15) is 5.10 Å². The van der Waals surface area contributed by atoms with E-state index in [1.54, 1.807) is 23.9 Å². The van der Waals surface area contributed by atoms with Gasteiger partial charge < -0.3 is 14.2 Å². The maximum atomic E-state index is 13.3. The number of benzene rings is 1. The molecule has 26 heavy (non-hydrogen) atoms. The topological polar surface area (TPSA) is 62.6 Å².